The Bertz CT molecular complexity index is 1230. The predicted octanol–water partition coefficient (Wildman–Crippen LogP) is -0.311. The van der Waals surface area contributed by atoms with Gasteiger partial charge < -0.3 is 35.2 Å². The number of hydrogen-bond acceptors (Lipinski definition) is 13. The van der Waals surface area contributed by atoms with Crippen molar-refractivity contribution in [3.05, 3.63) is 23.1 Å². The molecule has 0 bridgehead atoms. The number of nitrogens with zero attached hydrogens (tertiary/aromatic N) is 7. The molecule has 7 N–H and O–H groups in total. The molecule has 3 rings (SSSR count). The lowest BCUT2D eigenvalue weighted by Gasteiger charge is -2.19. The maximum Gasteiger partial charge on any atom is 0.490 e. The summed E-state index contributed by atoms with van der Waals surface area (Å²) in [7, 11) is -16.8. The van der Waals surface area contributed by atoms with E-state index in [0.717, 1.165) is 6.33 Å². The number of aromatic nitrogens is 4. The van der Waals surface area contributed by atoms with Gasteiger partial charge in [-0.2, -0.15) is 8.62 Å². The summed E-state index contributed by atoms with van der Waals surface area (Å²) in [5.74, 6) is 0.0295. The number of azide groups is 1. The van der Waals surface area contributed by atoms with Gasteiger partial charge >= 0.3 is 23.5 Å². The molecule has 6 atom stereocenters. The van der Waals surface area contributed by atoms with Crippen molar-refractivity contribution in [1.29, 1.82) is 0 Å². The molecule has 2 aromatic rings. The number of rotatable bonds is 9. The van der Waals surface area contributed by atoms with Crippen molar-refractivity contribution < 1.29 is 56.3 Å². The number of nitrogens with two attached hydrogens (primary N) is 1. The van der Waals surface area contributed by atoms with E-state index >= 15 is 0 Å². The molecule has 0 aliphatic carbocycles. The molecule has 20 nitrogen and oxygen atoms in total. The smallest absolute Gasteiger partial charge is 0.390 e. The average Bonchev–Trinajstić information content (AvgIpc) is 3.20. The number of nitrogen functional groups attached to an aromatic ring is 1. The monoisotopic (exact) mass is 532 g/mol. The number of anilines is 1. The van der Waals surface area contributed by atoms with Gasteiger partial charge in [-0.15, -0.1) is 0 Å². The van der Waals surface area contributed by atoms with Gasteiger partial charge in [0.05, 0.1) is 19.0 Å². The average molecular weight is 532 g/mol. The van der Waals surface area contributed by atoms with E-state index in [1.54, 1.807) is 0 Å². The molecular weight excluding hydrogens is 517 g/mol. The van der Waals surface area contributed by atoms with Crippen LogP contribution in [-0.4, -0.2) is 69.1 Å². The predicted molar refractivity (Wildman–Crippen MR) is 102 cm³/mol. The van der Waals surface area contributed by atoms with Crippen molar-refractivity contribution in [2.75, 3.05) is 12.3 Å². The topological polar surface area (TPSA) is 308 Å². The zero-order chi connectivity index (χ0) is 24.6. The van der Waals surface area contributed by atoms with E-state index < -0.39 is 54.6 Å². The molecule has 0 radical (unpaired) electrons. The van der Waals surface area contributed by atoms with Gasteiger partial charge in [0.1, 0.15) is 30.2 Å². The van der Waals surface area contributed by atoms with E-state index in [1.807, 2.05) is 0 Å². The van der Waals surface area contributed by atoms with Crippen LogP contribution >= 0.6 is 23.5 Å². The van der Waals surface area contributed by atoms with Crippen molar-refractivity contribution >= 4 is 40.4 Å². The van der Waals surface area contributed by atoms with Crippen LogP contribution in [0.3, 0.4) is 0 Å². The summed E-state index contributed by atoms with van der Waals surface area (Å²) < 4.78 is 52.4. The number of fused-ring (bicyclic) bond motifs is 1. The highest BCUT2D eigenvalue weighted by Gasteiger charge is 2.47. The lowest BCUT2D eigenvalue weighted by atomic mass is 10.1. The van der Waals surface area contributed by atoms with Crippen molar-refractivity contribution in [2.45, 2.75) is 24.5 Å². The molecule has 0 saturated carbocycles. The van der Waals surface area contributed by atoms with Gasteiger partial charge in [0.25, 0.3) is 0 Å². The number of hydrogen-bond donors (Lipinski definition) is 6. The Morgan fingerprint density at radius 3 is 2.52 bits per heavy atom. The Labute approximate surface area is 182 Å². The SMILES string of the molecule is [N-]=[N+]=N[C@H]1[C@H](O)[C@@H](COP(=O)(O)OP(=O)(O)OP(=O)(O)O)O[C@H]1n1cnc2c(N)ncnc21. The third-order valence-corrected chi connectivity index (χ3v) is 7.80. The summed E-state index contributed by atoms with van der Waals surface area (Å²) >= 11 is 0. The highest BCUT2D eigenvalue weighted by Crippen LogP contribution is 2.66. The second kappa shape index (κ2) is 9.32. The molecule has 1 aliphatic rings. The number of aliphatic hydroxyl groups excluding tert-OH is 1. The standard InChI is InChI=1S/C10H15N8O12P3/c11-8-6-9(14-2-13-8)18(3-15-6)10-5(16-17-12)7(19)4(28-10)1-27-32(23,24)30-33(25,26)29-31(20,21)22/h2-5,7,10,19H,1H2,(H,23,24)(H,25,26)(H2,11,13,14)(H2,20,21,22)/t4-,5+,7-,10-/m1/s1. The molecule has 33 heavy (non-hydrogen) atoms. The normalized spacial score (nSPS) is 27.1. The van der Waals surface area contributed by atoms with Crippen LogP contribution in [0.5, 0.6) is 0 Å². The van der Waals surface area contributed by atoms with Crippen molar-refractivity contribution in [3.8, 4) is 0 Å². The van der Waals surface area contributed by atoms with E-state index in [2.05, 4.69) is 38.1 Å². The Morgan fingerprint density at radius 2 is 1.88 bits per heavy atom. The van der Waals surface area contributed by atoms with E-state index in [0.29, 0.717) is 0 Å². The fraction of sp³-hybridized carbons (Fsp3) is 0.500. The zero-order valence-corrected chi connectivity index (χ0v) is 18.5. The summed E-state index contributed by atoms with van der Waals surface area (Å²) in [6.45, 7) is -0.970. The lowest BCUT2D eigenvalue weighted by molar-refractivity contribution is -0.0428. The molecule has 1 aliphatic heterocycles. The minimum absolute atomic E-state index is 0.0295. The highest BCUT2D eigenvalue weighted by molar-refractivity contribution is 7.66. The van der Waals surface area contributed by atoms with Gasteiger partial charge in [-0.3, -0.25) is 9.09 Å². The first-order valence-electron chi connectivity index (χ1n) is 8.32. The second-order valence-electron chi connectivity index (χ2n) is 6.22. The molecule has 182 valence electrons. The summed E-state index contributed by atoms with van der Waals surface area (Å²) in [5.41, 5.74) is 14.9. The molecule has 2 aromatic heterocycles. The first kappa shape index (κ1) is 25.6. The van der Waals surface area contributed by atoms with Crippen molar-refractivity contribution in [1.82, 2.24) is 19.5 Å². The van der Waals surface area contributed by atoms with Crippen molar-refractivity contribution in [3.63, 3.8) is 0 Å². The number of aliphatic hydroxyl groups is 1. The highest BCUT2D eigenvalue weighted by atomic mass is 31.3. The fourth-order valence-corrected chi connectivity index (χ4v) is 5.84. The van der Waals surface area contributed by atoms with Crippen LogP contribution in [0.25, 0.3) is 21.6 Å². The van der Waals surface area contributed by atoms with Gasteiger partial charge in [-0.25, -0.2) is 28.6 Å². The lowest BCUT2D eigenvalue weighted by Crippen LogP contribution is -2.32. The fourth-order valence-electron chi connectivity index (χ4n) is 2.81. The molecule has 1 saturated heterocycles. The van der Waals surface area contributed by atoms with E-state index in [9.17, 15) is 28.6 Å². The van der Waals surface area contributed by atoms with Crippen molar-refractivity contribution in [2.24, 2.45) is 5.11 Å². The Balaban J connectivity index is 1.77. The maximum absolute atomic E-state index is 11.9. The minimum atomic E-state index is -5.73. The number of phosphoric ester groups is 1. The molecule has 0 amide bonds. The Kier molecular flexibility index (Phi) is 7.24. The molecule has 23 heteroatoms. The van der Waals surface area contributed by atoms with E-state index in [1.165, 1.54) is 10.9 Å². The third-order valence-electron chi connectivity index (χ3n) is 4.00. The van der Waals surface area contributed by atoms with Crippen LogP contribution in [0.15, 0.2) is 17.8 Å². The zero-order valence-electron chi connectivity index (χ0n) is 15.8. The van der Waals surface area contributed by atoms with Gasteiger partial charge in [0, 0.05) is 4.91 Å². The van der Waals surface area contributed by atoms with Crippen LogP contribution in [0.2, 0.25) is 0 Å². The second-order valence-corrected chi connectivity index (χ2v) is 10.6. The maximum atomic E-state index is 11.9. The van der Waals surface area contributed by atoms with Crippen LogP contribution in [-0.2, 0) is 31.6 Å². The first-order valence-corrected chi connectivity index (χ1v) is 12.8. The number of imidazole rings is 1. The summed E-state index contributed by atoms with van der Waals surface area (Å²) in [6, 6.07) is -1.32. The van der Waals surface area contributed by atoms with Crippen LogP contribution in [0, 0.1) is 0 Å². The largest absolute Gasteiger partial charge is 0.490 e. The van der Waals surface area contributed by atoms with E-state index in [-0.39, 0.29) is 17.0 Å². The summed E-state index contributed by atoms with van der Waals surface area (Å²) in [6.07, 6.45) is -2.01. The minimum Gasteiger partial charge on any atom is -0.390 e. The van der Waals surface area contributed by atoms with E-state index in [4.69, 9.17) is 25.8 Å². The molecular formula is C10H15N8O12P3. The quantitative estimate of drug-likeness (QED) is 0.104. The van der Waals surface area contributed by atoms with Gasteiger partial charge in [0.2, 0.25) is 0 Å². The molecule has 0 spiro atoms. The molecule has 1 fully saturated rings. The number of phosphoric acid groups is 3. The third kappa shape index (κ3) is 6.11. The summed E-state index contributed by atoms with van der Waals surface area (Å²) in [5, 5.41) is 13.9. The van der Waals surface area contributed by atoms with Gasteiger partial charge in [-0.1, -0.05) is 5.11 Å². The Hall–Kier alpha value is -2.01. The van der Waals surface area contributed by atoms with Crippen LogP contribution in [0.4, 0.5) is 5.82 Å². The van der Waals surface area contributed by atoms with Crippen LogP contribution in [0.1, 0.15) is 6.23 Å². The Morgan fingerprint density at radius 1 is 1.18 bits per heavy atom. The molecule has 3 heterocycles. The summed E-state index contributed by atoms with van der Waals surface area (Å²) in [4.78, 5) is 50.2. The first-order chi connectivity index (χ1) is 15.2. The molecule has 2 unspecified atom stereocenters. The van der Waals surface area contributed by atoms with Crippen LogP contribution < -0.4 is 5.73 Å². The van der Waals surface area contributed by atoms with Gasteiger partial charge in [0.15, 0.2) is 11.5 Å². The number of ether oxygens (including phenoxy) is 1. The van der Waals surface area contributed by atoms with Gasteiger partial charge in [-0.05, 0) is 5.53 Å². The molecule has 0 aromatic carbocycles.